The van der Waals surface area contributed by atoms with Crippen molar-refractivity contribution < 1.29 is 4.74 Å². The average Bonchev–Trinajstić information content (AvgIpc) is 2.39. The molecule has 0 amide bonds. The molecule has 2 nitrogen and oxygen atoms in total. The molecule has 0 saturated carbocycles. The fraction of sp³-hybridized carbons (Fsp3) is 0.200. The van der Waals surface area contributed by atoms with E-state index in [-0.39, 0.29) is 0 Å². The highest BCUT2D eigenvalue weighted by atomic mass is 79.9. The highest BCUT2D eigenvalue weighted by molar-refractivity contribution is 9.11. The summed E-state index contributed by atoms with van der Waals surface area (Å²) < 4.78 is 7.17. The van der Waals surface area contributed by atoms with Crippen LogP contribution in [0.2, 0.25) is 5.02 Å². The van der Waals surface area contributed by atoms with Crippen LogP contribution in [0.1, 0.15) is 11.1 Å². The first-order chi connectivity index (χ1) is 9.51. The van der Waals surface area contributed by atoms with Gasteiger partial charge in [0.2, 0.25) is 0 Å². The van der Waals surface area contributed by atoms with Gasteiger partial charge in [-0.2, -0.15) is 0 Å². The molecule has 0 aliphatic heterocycles. The smallest absolute Gasteiger partial charge is 0.135 e. The van der Waals surface area contributed by atoms with E-state index in [0.29, 0.717) is 6.54 Å². The van der Waals surface area contributed by atoms with E-state index in [1.54, 1.807) is 7.11 Å². The van der Waals surface area contributed by atoms with Crippen molar-refractivity contribution in [3.05, 3.63) is 55.4 Å². The van der Waals surface area contributed by atoms with Gasteiger partial charge in [-0.15, -0.1) is 0 Å². The minimum atomic E-state index is 0.655. The van der Waals surface area contributed by atoms with Gasteiger partial charge in [0.15, 0.2) is 0 Å². The second-order valence-electron chi connectivity index (χ2n) is 4.42. The van der Waals surface area contributed by atoms with E-state index in [4.69, 9.17) is 16.3 Å². The lowest BCUT2D eigenvalue weighted by Crippen LogP contribution is -2.01. The van der Waals surface area contributed by atoms with Gasteiger partial charge in [0, 0.05) is 22.1 Å². The molecule has 0 radical (unpaired) electrons. The fourth-order valence-corrected chi connectivity index (χ4v) is 3.41. The molecule has 0 heterocycles. The summed E-state index contributed by atoms with van der Waals surface area (Å²) in [7, 11) is 1.65. The summed E-state index contributed by atoms with van der Waals surface area (Å²) in [6, 6.07) is 9.96. The molecule has 0 aliphatic carbocycles. The standard InChI is InChI=1S/C15H14Br2ClNO/c1-9-3-4-10(13(18)5-9)8-19-14-7-15(20-2)12(17)6-11(14)16/h3-7,19H,8H2,1-2H3. The van der Waals surface area contributed by atoms with Gasteiger partial charge in [-0.3, -0.25) is 0 Å². The number of halogens is 3. The normalized spacial score (nSPS) is 10.4. The van der Waals surface area contributed by atoms with E-state index in [1.807, 2.05) is 31.2 Å². The van der Waals surface area contributed by atoms with Crippen LogP contribution in [0.3, 0.4) is 0 Å². The maximum absolute atomic E-state index is 6.24. The molecule has 0 unspecified atom stereocenters. The van der Waals surface area contributed by atoms with Crippen molar-refractivity contribution in [2.24, 2.45) is 0 Å². The van der Waals surface area contributed by atoms with Crippen LogP contribution in [0.4, 0.5) is 5.69 Å². The van der Waals surface area contributed by atoms with Gasteiger partial charge in [-0.1, -0.05) is 23.7 Å². The number of rotatable bonds is 4. The van der Waals surface area contributed by atoms with Crippen molar-refractivity contribution in [1.82, 2.24) is 0 Å². The second-order valence-corrected chi connectivity index (χ2v) is 6.53. The Hall–Kier alpha value is -0.710. The van der Waals surface area contributed by atoms with Crippen LogP contribution >= 0.6 is 43.5 Å². The van der Waals surface area contributed by atoms with Gasteiger partial charge >= 0.3 is 0 Å². The van der Waals surface area contributed by atoms with Crippen LogP contribution in [0, 0.1) is 6.92 Å². The summed E-state index contributed by atoms with van der Waals surface area (Å²) in [5.41, 5.74) is 3.18. The predicted octanol–water partition coefficient (Wildman–Crippen LogP) is 5.79. The maximum atomic E-state index is 6.24. The molecule has 0 spiro atoms. The zero-order valence-electron chi connectivity index (χ0n) is 11.1. The average molecular weight is 420 g/mol. The van der Waals surface area contributed by atoms with Crippen LogP contribution in [0.5, 0.6) is 5.75 Å². The molecule has 20 heavy (non-hydrogen) atoms. The molecule has 5 heteroatoms. The molecule has 1 N–H and O–H groups in total. The molecule has 106 valence electrons. The Balaban J connectivity index is 2.18. The summed E-state index contributed by atoms with van der Waals surface area (Å²) in [5, 5.41) is 4.13. The van der Waals surface area contributed by atoms with Crippen LogP contribution in [0.25, 0.3) is 0 Å². The molecular weight excluding hydrogens is 405 g/mol. The first-order valence-electron chi connectivity index (χ1n) is 6.03. The summed E-state index contributed by atoms with van der Waals surface area (Å²) in [6.45, 7) is 2.68. The third-order valence-corrected chi connectivity index (χ3v) is 4.55. The predicted molar refractivity (Wildman–Crippen MR) is 91.9 cm³/mol. The van der Waals surface area contributed by atoms with Crippen LogP contribution in [0.15, 0.2) is 39.3 Å². The van der Waals surface area contributed by atoms with Crippen molar-refractivity contribution in [3.8, 4) is 5.75 Å². The van der Waals surface area contributed by atoms with Crippen molar-refractivity contribution >= 4 is 49.1 Å². The summed E-state index contributed by atoms with van der Waals surface area (Å²) in [4.78, 5) is 0. The van der Waals surface area contributed by atoms with Gasteiger partial charge in [-0.25, -0.2) is 0 Å². The van der Waals surface area contributed by atoms with Crippen molar-refractivity contribution in [3.63, 3.8) is 0 Å². The molecular formula is C15H14Br2ClNO. The molecule has 0 saturated heterocycles. The molecule has 0 atom stereocenters. The molecule has 2 aromatic carbocycles. The number of methoxy groups -OCH3 is 1. The number of anilines is 1. The Kier molecular flexibility index (Phi) is 5.35. The van der Waals surface area contributed by atoms with Gasteiger partial charge in [0.05, 0.1) is 17.3 Å². The van der Waals surface area contributed by atoms with E-state index in [1.165, 1.54) is 0 Å². The molecule has 0 fully saturated rings. The van der Waals surface area contributed by atoms with Gasteiger partial charge in [0.25, 0.3) is 0 Å². The number of nitrogens with one attached hydrogen (secondary N) is 1. The fourth-order valence-electron chi connectivity index (χ4n) is 1.81. The summed E-state index contributed by atoms with van der Waals surface area (Å²) in [6.07, 6.45) is 0. The van der Waals surface area contributed by atoms with Crippen molar-refractivity contribution in [2.45, 2.75) is 13.5 Å². The third kappa shape index (κ3) is 3.68. The Morgan fingerprint density at radius 2 is 1.90 bits per heavy atom. The Labute approximate surface area is 140 Å². The van der Waals surface area contributed by atoms with E-state index in [9.17, 15) is 0 Å². The van der Waals surface area contributed by atoms with Crippen LogP contribution in [-0.4, -0.2) is 7.11 Å². The summed E-state index contributed by atoms with van der Waals surface area (Å²) in [5.74, 6) is 0.783. The first-order valence-corrected chi connectivity index (χ1v) is 7.99. The highest BCUT2D eigenvalue weighted by Crippen LogP contribution is 2.35. The number of ether oxygens (including phenoxy) is 1. The molecule has 2 aromatic rings. The SMILES string of the molecule is COc1cc(NCc2ccc(C)cc2Cl)c(Br)cc1Br. The highest BCUT2D eigenvalue weighted by Gasteiger charge is 2.08. The van der Waals surface area contributed by atoms with Crippen LogP contribution < -0.4 is 10.1 Å². The second kappa shape index (κ2) is 6.83. The monoisotopic (exact) mass is 417 g/mol. The van der Waals surface area contributed by atoms with Crippen molar-refractivity contribution in [1.29, 1.82) is 0 Å². The van der Waals surface area contributed by atoms with E-state index in [2.05, 4.69) is 43.2 Å². The molecule has 0 aliphatic rings. The third-order valence-electron chi connectivity index (χ3n) is 2.92. The van der Waals surface area contributed by atoms with Gasteiger partial charge < -0.3 is 10.1 Å². The Bertz CT molecular complexity index is 632. The lowest BCUT2D eigenvalue weighted by Gasteiger charge is -2.13. The van der Waals surface area contributed by atoms with E-state index in [0.717, 1.165) is 36.5 Å². The quantitative estimate of drug-likeness (QED) is 0.677. The number of aryl methyl sites for hydroxylation is 1. The largest absolute Gasteiger partial charge is 0.495 e. The lowest BCUT2D eigenvalue weighted by molar-refractivity contribution is 0.412. The lowest BCUT2D eigenvalue weighted by atomic mass is 10.1. The molecule has 0 aromatic heterocycles. The van der Waals surface area contributed by atoms with E-state index >= 15 is 0 Å². The molecule has 0 bridgehead atoms. The number of hydrogen-bond donors (Lipinski definition) is 1. The zero-order chi connectivity index (χ0) is 14.7. The van der Waals surface area contributed by atoms with Crippen LogP contribution in [-0.2, 0) is 6.54 Å². The van der Waals surface area contributed by atoms with E-state index < -0.39 is 0 Å². The summed E-state index contributed by atoms with van der Waals surface area (Å²) >= 11 is 13.2. The maximum Gasteiger partial charge on any atom is 0.135 e. The minimum Gasteiger partial charge on any atom is -0.495 e. The number of benzene rings is 2. The number of hydrogen-bond acceptors (Lipinski definition) is 2. The first kappa shape index (κ1) is 15.7. The van der Waals surface area contributed by atoms with Gasteiger partial charge in [0.1, 0.15) is 5.75 Å². The topological polar surface area (TPSA) is 21.3 Å². The Morgan fingerprint density at radius 3 is 2.55 bits per heavy atom. The zero-order valence-corrected chi connectivity index (χ0v) is 15.1. The Morgan fingerprint density at radius 1 is 1.15 bits per heavy atom. The van der Waals surface area contributed by atoms with Crippen molar-refractivity contribution in [2.75, 3.05) is 12.4 Å². The minimum absolute atomic E-state index is 0.655. The molecule has 2 rings (SSSR count). The van der Waals surface area contributed by atoms with Gasteiger partial charge in [-0.05, 0) is 62.0 Å².